The summed E-state index contributed by atoms with van der Waals surface area (Å²) >= 11 is 0. The third-order valence-electron chi connectivity index (χ3n) is 4.76. The maximum atomic E-state index is 11.9. The SMILES string of the molecule is CN(C)C(=O)c1ccc(N2CCC(C3CCCO3)CC2)nc1. The minimum absolute atomic E-state index is 0.00357. The summed E-state index contributed by atoms with van der Waals surface area (Å²) in [6, 6.07) is 3.83. The average molecular weight is 303 g/mol. The zero-order chi connectivity index (χ0) is 15.5. The lowest BCUT2D eigenvalue weighted by atomic mass is 9.90. The predicted octanol–water partition coefficient (Wildman–Crippen LogP) is 2.18. The van der Waals surface area contributed by atoms with Gasteiger partial charge in [-0.25, -0.2) is 4.98 Å². The zero-order valence-corrected chi connectivity index (χ0v) is 13.5. The summed E-state index contributed by atoms with van der Waals surface area (Å²) in [6.45, 7) is 2.99. The number of anilines is 1. The lowest BCUT2D eigenvalue weighted by molar-refractivity contribution is 0.0531. The molecule has 2 aliphatic heterocycles. The number of carbonyl (C=O) groups excluding carboxylic acids is 1. The van der Waals surface area contributed by atoms with Gasteiger partial charge in [0.05, 0.1) is 11.7 Å². The molecule has 1 atom stereocenters. The summed E-state index contributed by atoms with van der Waals surface area (Å²) in [5.74, 6) is 1.67. The van der Waals surface area contributed by atoms with Gasteiger partial charge in [-0.05, 0) is 43.7 Å². The van der Waals surface area contributed by atoms with Gasteiger partial charge in [-0.1, -0.05) is 0 Å². The molecule has 22 heavy (non-hydrogen) atoms. The molecule has 5 heteroatoms. The van der Waals surface area contributed by atoms with Crippen molar-refractivity contribution >= 4 is 11.7 Å². The Morgan fingerprint density at radius 3 is 2.59 bits per heavy atom. The molecule has 2 aliphatic rings. The third kappa shape index (κ3) is 3.24. The van der Waals surface area contributed by atoms with Crippen LogP contribution in [-0.4, -0.2) is 55.7 Å². The molecule has 5 nitrogen and oxygen atoms in total. The molecule has 3 rings (SSSR count). The van der Waals surface area contributed by atoms with Crippen LogP contribution >= 0.6 is 0 Å². The van der Waals surface area contributed by atoms with E-state index < -0.39 is 0 Å². The van der Waals surface area contributed by atoms with Crippen molar-refractivity contribution in [3.05, 3.63) is 23.9 Å². The molecular formula is C17H25N3O2. The Kier molecular flexibility index (Phi) is 4.62. The molecule has 120 valence electrons. The van der Waals surface area contributed by atoms with Gasteiger partial charge in [-0.3, -0.25) is 4.79 Å². The van der Waals surface area contributed by atoms with E-state index in [9.17, 15) is 4.79 Å². The fourth-order valence-electron chi connectivity index (χ4n) is 3.43. The number of piperidine rings is 1. The van der Waals surface area contributed by atoms with Gasteiger partial charge in [0, 0.05) is 40.0 Å². The molecule has 0 saturated carbocycles. The van der Waals surface area contributed by atoms with E-state index in [1.807, 2.05) is 12.1 Å². The van der Waals surface area contributed by atoms with Gasteiger partial charge in [0.2, 0.25) is 0 Å². The van der Waals surface area contributed by atoms with E-state index in [0.29, 0.717) is 17.6 Å². The molecule has 1 amide bonds. The van der Waals surface area contributed by atoms with Gasteiger partial charge in [0.15, 0.2) is 0 Å². The lowest BCUT2D eigenvalue weighted by Crippen LogP contribution is -2.38. The summed E-state index contributed by atoms with van der Waals surface area (Å²) in [5, 5.41) is 0. The number of ether oxygens (including phenoxy) is 1. The molecule has 0 bridgehead atoms. The Labute approximate surface area is 132 Å². The van der Waals surface area contributed by atoms with Crippen LogP contribution in [0.25, 0.3) is 0 Å². The second-order valence-electron chi connectivity index (χ2n) is 6.48. The number of hydrogen-bond acceptors (Lipinski definition) is 4. The van der Waals surface area contributed by atoms with Crippen molar-refractivity contribution in [2.75, 3.05) is 38.7 Å². The van der Waals surface area contributed by atoms with Crippen molar-refractivity contribution in [3.8, 4) is 0 Å². The van der Waals surface area contributed by atoms with Crippen molar-refractivity contribution in [1.82, 2.24) is 9.88 Å². The molecule has 0 aliphatic carbocycles. The number of aromatic nitrogens is 1. The Hall–Kier alpha value is -1.62. The molecule has 0 spiro atoms. The smallest absolute Gasteiger partial charge is 0.254 e. The number of hydrogen-bond donors (Lipinski definition) is 0. The second kappa shape index (κ2) is 6.65. The van der Waals surface area contributed by atoms with Crippen LogP contribution in [0.2, 0.25) is 0 Å². The van der Waals surface area contributed by atoms with Gasteiger partial charge in [-0.2, -0.15) is 0 Å². The normalized spacial score (nSPS) is 22.8. The summed E-state index contributed by atoms with van der Waals surface area (Å²) in [4.78, 5) is 20.2. The largest absolute Gasteiger partial charge is 0.378 e. The maximum Gasteiger partial charge on any atom is 0.254 e. The highest BCUT2D eigenvalue weighted by Crippen LogP contribution is 2.30. The molecule has 1 aromatic heterocycles. The molecule has 2 fully saturated rings. The van der Waals surface area contributed by atoms with Crippen molar-refractivity contribution < 1.29 is 9.53 Å². The number of amides is 1. The highest BCUT2D eigenvalue weighted by atomic mass is 16.5. The molecule has 0 radical (unpaired) electrons. The molecule has 0 N–H and O–H groups in total. The summed E-state index contributed by atoms with van der Waals surface area (Å²) < 4.78 is 5.82. The molecule has 1 aromatic rings. The molecule has 1 unspecified atom stereocenters. The Morgan fingerprint density at radius 1 is 1.27 bits per heavy atom. The topological polar surface area (TPSA) is 45.7 Å². The molecular weight excluding hydrogens is 278 g/mol. The van der Waals surface area contributed by atoms with Crippen molar-refractivity contribution in [1.29, 1.82) is 0 Å². The van der Waals surface area contributed by atoms with Gasteiger partial charge in [-0.15, -0.1) is 0 Å². The molecule has 2 saturated heterocycles. The third-order valence-corrected chi connectivity index (χ3v) is 4.76. The first-order valence-corrected chi connectivity index (χ1v) is 8.19. The van der Waals surface area contributed by atoms with Gasteiger partial charge < -0.3 is 14.5 Å². The fourth-order valence-corrected chi connectivity index (χ4v) is 3.43. The Balaban J connectivity index is 1.58. The average Bonchev–Trinajstić information content (AvgIpc) is 3.09. The van der Waals surface area contributed by atoms with Gasteiger partial charge in [0.25, 0.3) is 5.91 Å². The van der Waals surface area contributed by atoms with Crippen LogP contribution in [0.1, 0.15) is 36.0 Å². The lowest BCUT2D eigenvalue weighted by Gasteiger charge is -2.35. The van der Waals surface area contributed by atoms with Crippen LogP contribution in [-0.2, 0) is 4.74 Å². The van der Waals surface area contributed by atoms with Crippen molar-refractivity contribution in [2.24, 2.45) is 5.92 Å². The van der Waals surface area contributed by atoms with E-state index in [-0.39, 0.29) is 5.91 Å². The van der Waals surface area contributed by atoms with Crippen LogP contribution in [0.15, 0.2) is 18.3 Å². The van der Waals surface area contributed by atoms with Crippen LogP contribution < -0.4 is 4.90 Å². The van der Waals surface area contributed by atoms with Gasteiger partial charge >= 0.3 is 0 Å². The van der Waals surface area contributed by atoms with E-state index >= 15 is 0 Å². The number of rotatable bonds is 3. The Morgan fingerprint density at radius 2 is 2.05 bits per heavy atom. The minimum atomic E-state index is -0.00357. The summed E-state index contributed by atoms with van der Waals surface area (Å²) in [5.41, 5.74) is 0.642. The minimum Gasteiger partial charge on any atom is -0.378 e. The highest BCUT2D eigenvalue weighted by molar-refractivity contribution is 5.93. The van der Waals surface area contributed by atoms with Crippen molar-refractivity contribution in [3.63, 3.8) is 0 Å². The monoisotopic (exact) mass is 303 g/mol. The van der Waals surface area contributed by atoms with Crippen LogP contribution in [0.5, 0.6) is 0 Å². The summed E-state index contributed by atoms with van der Waals surface area (Å²) in [6.07, 6.45) is 6.95. The maximum absolute atomic E-state index is 11.9. The standard InChI is InChI=1S/C17H25N3O2/c1-19(2)17(21)14-5-6-16(18-12-14)20-9-7-13(8-10-20)15-4-3-11-22-15/h5-6,12-13,15H,3-4,7-11H2,1-2H3. The predicted molar refractivity (Wildman–Crippen MR) is 86.2 cm³/mol. The van der Waals surface area contributed by atoms with Gasteiger partial charge in [0.1, 0.15) is 5.82 Å². The zero-order valence-electron chi connectivity index (χ0n) is 13.5. The van der Waals surface area contributed by atoms with E-state index in [4.69, 9.17) is 4.74 Å². The quantitative estimate of drug-likeness (QED) is 0.858. The second-order valence-corrected chi connectivity index (χ2v) is 6.48. The first-order chi connectivity index (χ1) is 10.6. The Bertz CT molecular complexity index is 501. The first-order valence-electron chi connectivity index (χ1n) is 8.19. The fraction of sp³-hybridized carbons (Fsp3) is 0.647. The number of pyridine rings is 1. The van der Waals surface area contributed by atoms with Crippen LogP contribution in [0.4, 0.5) is 5.82 Å². The first kappa shape index (κ1) is 15.3. The van der Waals surface area contributed by atoms with E-state index in [1.165, 1.54) is 25.7 Å². The number of nitrogens with zero attached hydrogens (tertiary/aromatic N) is 3. The van der Waals surface area contributed by atoms with Crippen molar-refractivity contribution in [2.45, 2.75) is 31.8 Å². The van der Waals surface area contributed by atoms with Crippen LogP contribution in [0.3, 0.4) is 0 Å². The van der Waals surface area contributed by atoms with E-state index in [0.717, 1.165) is 25.5 Å². The number of carbonyl (C=O) groups is 1. The summed E-state index contributed by atoms with van der Waals surface area (Å²) in [7, 11) is 3.51. The highest BCUT2D eigenvalue weighted by Gasteiger charge is 2.29. The molecule has 0 aromatic carbocycles. The van der Waals surface area contributed by atoms with E-state index in [1.54, 1.807) is 25.2 Å². The van der Waals surface area contributed by atoms with Crippen LogP contribution in [0, 0.1) is 5.92 Å². The molecule has 3 heterocycles. The van der Waals surface area contributed by atoms with E-state index in [2.05, 4.69) is 9.88 Å².